The van der Waals surface area contributed by atoms with Crippen LogP contribution in [0, 0.1) is 0 Å². The summed E-state index contributed by atoms with van der Waals surface area (Å²) in [6.45, 7) is 6.18. The maximum absolute atomic E-state index is 5.90. The predicted molar refractivity (Wildman–Crippen MR) is 71.2 cm³/mol. The second kappa shape index (κ2) is 5.49. The van der Waals surface area contributed by atoms with Crippen LogP contribution in [0.15, 0.2) is 6.07 Å². The van der Waals surface area contributed by atoms with Gasteiger partial charge in [-0.25, -0.2) is 4.98 Å². The van der Waals surface area contributed by atoms with Crippen LogP contribution in [0.1, 0.15) is 26.0 Å². The first-order valence-corrected chi connectivity index (χ1v) is 6.30. The quantitative estimate of drug-likeness (QED) is 0.811. The number of aromatic nitrogens is 2. The SMILES string of the molecule is CC(C)OCc1cc(N2CCC(N)C2)nc(N)n1. The van der Waals surface area contributed by atoms with Gasteiger partial charge in [-0.1, -0.05) is 0 Å². The van der Waals surface area contributed by atoms with Gasteiger partial charge in [0.2, 0.25) is 5.95 Å². The fourth-order valence-corrected chi connectivity index (χ4v) is 1.99. The standard InChI is InChI=1S/C12H21N5O/c1-8(2)18-7-10-5-11(16-12(14)15-10)17-4-3-9(13)6-17/h5,8-9H,3-4,6-7,13H2,1-2H3,(H2,14,15,16). The number of anilines is 2. The average Bonchev–Trinajstić information content (AvgIpc) is 2.72. The van der Waals surface area contributed by atoms with Crippen LogP contribution in [0.5, 0.6) is 0 Å². The van der Waals surface area contributed by atoms with E-state index in [9.17, 15) is 0 Å². The van der Waals surface area contributed by atoms with E-state index in [1.54, 1.807) is 0 Å². The van der Waals surface area contributed by atoms with E-state index in [1.807, 2.05) is 19.9 Å². The first-order chi connectivity index (χ1) is 8.54. The van der Waals surface area contributed by atoms with E-state index in [0.717, 1.165) is 31.0 Å². The van der Waals surface area contributed by atoms with E-state index in [4.69, 9.17) is 16.2 Å². The van der Waals surface area contributed by atoms with E-state index >= 15 is 0 Å². The minimum atomic E-state index is 0.171. The van der Waals surface area contributed by atoms with Crippen LogP contribution in [0.2, 0.25) is 0 Å². The largest absolute Gasteiger partial charge is 0.373 e. The minimum absolute atomic E-state index is 0.171. The average molecular weight is 251 g/mol. The number of ether oxygens (including phenoxy) is 1. The van der Waals surface area contributed by atoms with Crippen LogP contribution in [0.25, 0.3) is 0 Å². The summed E-state index contributed by atoms with van der Waals surface area (Å²) in [5, 5.41) is 0. The maximum atomic E-state index is 5.90. The fraction of sp³-hybridized carbons (Fsp3) is 0.667. The highest BCUT2D eigenvalue weighted by Crippen LogP contribution is 2.19. The van der Waals surface area contributed by atoms with Gasteiger partial charge in [0, 0.05) is 25.2 Å². The zero-order valence-electron chi connectivity index (χ0n) is 11.0. The molecule has 0 aliphatic carbocycles. The third-order valence-electron chi connectivity index (χ3n) is 2.90. The molecule has 1 aromatic rings. The van der Waals surface area contributed by atoms with Crippen molar-refractivity contribution in [1.82, 2.24) is 9.97 Å². The molecule has 2 heterocycles. The third kappa shape index (κ3) is 3.30. The number of rotatable bonds is 4. The summed E-state index contributed by atoms with van der Waals surface area (Å²) in [6, 6.07) is 2.15. The Balaban J connectivity index is 2.11. The van der Waals surface area contributed by atoms with Crippen molar-refractivity contribution in [2.75, 3.05) is 23.7 Å². The van der Waals surface area contributed by atoms with Crippen LogP contribution in [-0.2, 0) is 11.3 Å². The molecule has 6 nitrogen and oxygen atoms in total. The Morgan fingerprint density at radius 3 is 2.89 bits per heavy atom. The zero-order valence-corrected chi connectivity index (χ0v) is 11.0. The second-order valence-electron chi connectivity index (χ2n) is 4.93. The Kier molecular flexibility index (Phi) is 3.98. The van der Waals surface area contributed by atoms with E-state index in [1.165, 1.54) is 0 Å². The van der Waals surface area contributed by atoms with Gasteiger partial charge in [-0.3, -0.25) is 0 Å². The Labute approximate surface area is 107 Å². The van der Waals surface area contributed by atoms with Gasteiger partial charge in [0.1, 0.15) is 5.82 Å². The molecule has 18 heavy (non-hydrogen) atoms. The molecule has 0 radical (unpaired) electrons. The summed E-state index contributed by atoms with van der Waals surface area (Å²) in [6.07, 6.45) is 1.16. The smallest absolute Gasteiger partial charge is 0.222 e. The highest BCUT2D eigenvalue weighted by molar-refractivity contribution is 5.44. The summed E-state index contributed by atoms with van der Waals surface area (Å²) < 4.78 is 5.53. The fourth-order valence-electron chi connectivity index (χ4n) is 1.99. The number of nitrogens with two attached hydrogens (primary N) is 2. The predicted octanol–water partition coefficient (Wildman–Crippen LogP) is 0.521. The summed E-state index contributed by atoms with van der Waals surface area (Å²) in [4.78, 5) is 10.6. The molecular weight excluding hydrogens is 230 g/mol. The Hall–Kier alpha value is -1.40. The van der Waals surface area contributed by atoms with Crippen LogP contribution in [0.3, 0.4) is 0 Å². The minimum Gasteiger partial charge on any atom is -0.373 e. The van der Waals surface area contributed by atoms with Gasteiger partial charge in [-0.05, 0) is 20.3 Å². The summed E-state index contributed by atoms with van der Waals surface area (Å²) >= 11 is 0. The molecule has 1 aromatic heterocycles. The van der Waals surface area contributed by atoms with Crippen molar-refractivity contribution in [3.63, 3.8) is 0 Å². The van der Waals surface area contributed by atoms with Crippen molar-refractivity contribution >= 4 is 11.8 Å². The second-order valence-corrected chi connectivity index (χ2v) is 4.93. The van der Waals surface area contributed by atoms with E-state index in [2.05, 4.69) is 14.9 Å². The molecule has 0 saturated carbocycles. The molecule has 6 heteroatoms. The highest BCUT2D eigenvalue weighted by Gasteiger charge is 2.21. The Morgan fingerprint density at radius 2 is 2.28 bits per heavy atom. The molecule has 1 unspecified atom stereocenters. The van der Waals surface area contributed by atoms with Crippen LogP contribution in [0.4, 0.5) is 11.8 Å². The Bertz CT molecular complexity index is 409. The maximum Gasteiger partial charge on any atom is 0.222 e. The van der Waals surface area contributed by atoms with Crippen molar-refractivity contribution in [2.24, 2.45) is 5.73 Å². The number of hydrogen-bond acceptors (Lipinski definition) is 6. The topological polar surface area (TPSA) is 90.3 Å². The molecular formula is C12H21N5O. The number of hydrogen-bond donors (Lipinski definition) is 2. The number of nitrogen functional groups attached to an aromatic ring is 1. The third-order valence-corrected chi connectivity index (χ3v) is 2.90. The lowest BCUT2D eigenvalue weighted by Gasteiger charge is -2.18. The van der Waals surface area contributed by atoms with Gasteiger partial charge >= 0.3 is 0 Å². The van der Waals surface area contributed by atoms with Crippen molar-refractivity contribution in [2.45, 2.75) is 39.0 Å². The van der Waals surface area contributed by atoms with Gasteiger partial charge in [-0.15, -0.1) is 0 Å². The molecule has 1 saturated heterocycles. The first kappa shape index (κ1) is 13.0. The van der Waals surface area contributed by atoms with Crippen molar-refractivity contribution in [3.05, 3.63) is 11.8 Å². The number of nitrogens with zero attached hydrogens (tertiary/aromatic N) is 3. The van der Waals surface area contributed by atoms with Crippen LogP contribution >= 0.6 is 0 Å². The molecule has 2 rings (SSSR count). The molecule has 4 N–H and O–H groups in total. The highest BCUT2D eigenvalue weighted by atomic mass is 16.5. The Morgan fingerprint density at radius 1 is 1.50 bits per heavy atom. The van der Waals surface area contributed by atoms with Gasteiger partial charge in [0.05, 0.1) is 18.4 Å². The molecule has 0 bridgehead atoms. The lowest BCUT2D eigenvalue weighted by molar-refractivity contribution is 0.0636. The molecule has 0 spiro atoms. The van der Waals surface area contributed by atoms with Crippen molar-refractivity contribution in [3.8, 4) is 0 Å². The molecule has 0 amide bonds. The van der Waals surface area contributed by atoms with Gasteiger partial charge in [0.15, 0.2) is 0 Å². The molecule has 1 atom stereocenters. The molecule has 100 valence electrons. The van der Waals surface area contributed by atoms with E-state index < -0.39 is 0 Å². The van der Waals surface area contributed by atoms with Crippen molar-refractivity contribution < 1.29 is 4.74 Å². The van der Waals surface area contributed by atoms with Crippen molar-refractivity contribution in [1.29, 1.82) is 0 Å². The first-order valence-electron chi connectivity index (χ1n) is 6.30. The van der Waals surface area contributed by atoms with Gasteiger partial charge < -0.3 is 21.1 Å². The summed E-state index contributed by atoms with van der Waals surface area (Å²) in [5.74, 6) is 1.13. The van der Waals surface area contributed by atoms with Crippen LogP contribution in [-0.4, -0.2) is 35.2 Å². The van der Waals surface area contributed by atoms with Gasteiger partial charge in [0.25, 0.3) is 0 Å². The summed E-state index contributed by atoms with van der Waals surface area (Å²) in [7, 11) is 0. The monoisotopic (exact) mass is 251 g/mol. The van der Waals surface area contributed by atoms with E-state index in [-0.39, 0.29) is 18.1 Å². The van der Waals surface area contributed by atoms with Gasteiger partial charge in [-0.2, -0.15) is 4.98 Å². The molecule has 1 aliphatic heterocycles. The normalized spacial score (nSPS) is 19.8. The summed E-state index contributed by atoms with van der Waals surface area (Å²) in [5.41, 5.74) is 12.4. The lowest BCUT2D eigenvalue weighted by Crippen LogP contribution is -2.27. The molecule has 0 aromatic carbocycles. The van der Waals surface area contributed by atoms with Crippen LogP contribution < -0.4 is 16.4 Å². The van der Waals surface area contributed by atoms with E-state index in [0.29, 0.717) is 6.61 Å². The molecule has 1 fully saturated rings. The lowest BCUT2D eigenvalue weighted by atomic mass is 10.3. The zero-order chi connectivity index (χ0) is 13.1. The molecule has 1 aliphatic rings.